The van der Waals surface area contributed by atoms with Gasteiger partial charge in [0.2, 0.25) is 0 Å². The lowest BCUT2D eigenvalue weighted by molar-refractivity contribution is -0.885. The quantitative estimate of drug-likeness (QED) is 0.559. The first-order valence-electron chi connectivity index (χ1n) is 9.15. The number of nitrogens with one attached hydrogen (secondary N) is 2. The average molecular weight is 395 g/mol. The molecule has 0 radical (unpaired) electrons. The van der Waals surface area contributed by atoms with E-state index >= 15 is 0 Å². The predicted molar refractivity (Wildman–Crippen MR) is 108 cm³/mol. The Balaban J connectivity index is 2.26. The van der Waals surface area contributed by atoms with Gasteiger partial charge in [-0.25, -0.2) is 4.79 Å². The van der Waals surface area contributed by atoms with E-state index in [1.54, 1.807) is 18.3 Å². The largest absolute Gasteiger partial charge is 0.383 e. The minimum absolute atomic E-state index is 0.0447. The van der Waals surface area contributed by atoms with Crippen LogP contribution in [-0.4, -0.2) is 35.6 Å². The summed E-state index contributed by atoms with van der Waals surface area (Å²) >= 11 is 1.65. The molecular weight excluding hydrogens is 366 g/mol. The highest BCUT2D eigenvalue weighted by atomic mass is 32.1. The van der Waals surface area contributed by atoms with Crippen molar-refractivity contribution in [1.29, 1.82) is 0 Å². The van der Waals surface area contributed by atoms with Crippen LogP contribution in [0.4, 0.5) is 11.5 Å². The number of aromatic nitrogens is 2. The van der Waals surface area contributed by atoms with Crippen molar-refractivity contribution < 1.29 is 9.69 Å². The molecule has 0 bridgehead atoms. The molecule has 4 N–H and O–H groups in total. The van der Waals surface area contributed by atoms with E-state index in [-0.39, 0.29) is 24.0 Å². The number of thiophene rings is 1. The van der Waals surface area contributed by atoms with Crippen molar-refractivity contribution in [3.05, 3.63) is 43.2 Å². The third kappa shape index (κ3) is 5.08. The Morgan fingerprint density at radius 2 is 2.11 bits per heavy atom. The van der Waals surface area contributed by atoms with Gasteiger partial charge < -0.3 is 10.6 Å². The van der Waals surface area contributed by atoms with Crippen LogP contribution < -0.4 is 26.8 Å². The third-order valence-corrected chi connectivity index (χ3v) is 5.22. The molecule has 0 aromatic carbocycles. The lowest BCUT2D eigenvalue weighted by Gasteiger charge is -2.24. The molecule has 2 aromatic rings. The first-order valence-corrected chi connectivity index (χ1v) is 10.0. The van der Waals surface area contributed by atoms with Crippen LogP contribution in [-0.2, 0) is 17.9 Å². The summed E-state index contributed by atoms with van der Waals surface area (Å²) < 4.78 is 1.33. The van der Waals surface area contributed by atoms with Gasteiger partial charge in [0.1, 0.15) is 12.4 Å². The van der Waals surface area contributed by atoms with Crippen LogP contribution in [0.5, 0.6) is 0 Å². The molecular formula is C18H28N5O3S+. The summed E-state index contributed by atoms with van der Waals surface area (Å²) in [7, 11) is 1.93. The zero-order chi connectivity index (χ0) is 20.0. The number of nitrogen functional groups attached to an aromatic ring is 1. The molecule has 8 nitrogen and oxygen atoms in total. The highest BCUT2D eigenvalue weighted by Gasteiger charge is 2.25. The first-order chi connectivity index (χ1) is 12.9. The van der Waals surface area contributed by atoms with E-state index in [1.807, 2.05) is 31.5 Å². The molecule has 0 saturated heterocycles. The Labute approximate surface area is 162 Å². The van der Waals surface area contributed by atoms with E-state index < -0.39 is 11.2 Å². The molecule has 1 atom stereocenters. The number of carbonyl (C=O) groups is 1. The number of aromatic amines is 1. The number of nitrogens with two attached hydrogens (primary N) is 1. The Hall–Kier alpha value is -2.39. The normalized spacial score (nSPS) is 12.1. The second-order valence-corrected chi connectivity index (χ2v) is 7.56. The number of nitrogens with zero attached hydrogens (tertiary/aromatic N) is 2. The lowest BCUT2D eigenvalue weighted by Crippen LogP contribution is -3.08. The summed E-state index contributed by atoms with van der Waals surface area (Å²) in [6.07, 6.45) is 1.64. The maximum absolute atomic E-state index is 12.8. The van der Waals surface area contributed by atoms with Crippen molar-refractivity contribution in [2.24, 2.45) is 0 Å². The predicted octanol–water partition coefficient (Wildman–Crippen LogP) is 0.0482. The summed E-state index contributed by atoms with van der Waals surface area (Å²) in [5.74, 6) is -0.159. The molecule has 0 aliphatic rings. The molecule has 2 rings (SSSR count). The molecule has 148 valence electrons. The van der Waals surface area contributed by atoms with Gasteiger partial charge >= 0.3 is 5.69 Å². The number of anilines is 2. The Kier molecular flexibility index (Phi) is 7.37. The molecule has 0 aliphatic carbocycles. The first kappa shape index (κ1) is 20.9. The molecule has 0 aliphatic heterocycles. The fraction of sp³-hybridized carbons (Fsp3) is 0.500. The van der Waals surface area contributed by atoms with E-state index in [0.717, 1.165) is 24.3 Å². The van der Waals surface area contributed by atoms with Gasteiger partial charge in [-0.05, 0) is 24.8 Å². The van der Waals surface area contributed by atoms with Crippen molar-refractivity contribution in [2.75, 3.05) is 30.8 Å². The molecule has 27 heavy (non-hydrogen) atoms. The Morgan fingerprint density at radius 3 is 2.70 bits per heavy atom. The number of rotatable bonds is 9. The molecule has 2 heterocycles. The van der Waals surface area contributed by atoms with Crippen molar-refractivity contribution in [3.63, 3.8) is 0 Å². The second-order valence-electron chi connectivity index (χ2n) is 6.53. The number of likely N-dealkylation sites (N-methyl/N-ethyl adjacent to an activating group) is 2. The monoisotopic (exact) mass is 394 g/mol. The highest BCUT2D eigenvalue weighted by Crippen LogP contribution is 2.16. The third-order valence-electron chi connectivity index (χ3n) is 4.35. The number of hydrogen-bond acceptors (Lipinski definition) is 5. The Morgan fingerprint density at radius 1 is 1.37 bits per heavy atom. The van der Waals surface area contributed by atoms with Crippen LogP contribution in [0.3, 0.4) is 0 Å². The zero-order valence-corrected chi connectivity index (χ0v) is 16.9. The fourth-order valence-corrected chi connectivity index (χ4v) is 3.78. The number of hydrogen-bond donors (Lipinski definition) is 3. The van der Waals surface area contributed by atoms with E-state index in [0.29, 0.717) is 13.1 Å². The molecule has 1 amide bonds. The van der Waals surface area contributed by atoms with Crippen LogP contribution in [0.15, 0.2) is 27.1 Å². The summed E-state index contributed by atoms with van der Waals surface area (Å²) in [5.41, 5.74) is 5.01. The van der Waals surface area contributed by atoms with Crippen LogP contribution in [0.2, 0.25) is 0 Å². The maximum atomic E-state index is 12.8. The van der Waals surface area contributed by atoms with Gasteiger partial charge in [-0.1, -0.05) is 19.4 Å². The molecule has 0 spiro atoms. The van der Waals surface area contributed by atoms with Gasteiger partial charge in [-0.2, -0.15) is 0 Å². The number of amides is 1. The van der Waals surface area contributed by atoms with Gasteiger partial charge in [-0.3, -0.25) is 24.0 Å². The van der Waals surface area contributed by atoms with Crippen molar-refractivity contribution in [3.8, 4) is 0 Å². The summed E-state index contributed by atoms with van der Waals surface area (Å²) in [6.45, 7) is 5.43. The number of H-pyrrole nitrogens is 1. The molecule has 2 aromatic heterocycles. The highest BCUT2D eigenvalue weighted by molar-refractivity contribution is 7.09. The van der Waals surface area contributed by atoms with Gasteiger partial charge in [0.15, 0.2) is 12.2 Å². The SMILES string of the molecule is CCCCn1c(N)c(N(CC)C(=O)C[NH+](C)Cc2cccs2)c(=O)[nH]c1=O. The van der Waals surface area contributed by atoms with E-state index in [4.69, 9.17) is 5.73 Å². The summed E-state index contributed by atoms with van der Waals surface area (Å²) in [6, 6.07) is 4.01. The molecule has 0 saturated carbocycles. The summed E-state index contributed by atoms with van der Waals surface area (Å²) in [4.78, 5) is 43.2. The Bertz CT molecular complexity index is 872. The fourth-order valence-electron chi connectivity index (χ4n) is 2.96. The topological polar surface area (TPSA) is 106 Å². The smallest absolute Gasteiger partial charge is 0.330 e. The number of carbonyl (C=O) groups excluding carboxylic acids is 1. The van der Waals surface area contributed by atoms with Gasteiger partial charge in [0, 0.05) is 13.1 Å². The van der Waals surface area contributed by atoms with Gasteiger partial charge in [0.25, 0.3) is 11.5 Å². The van der Waals surface area contributed by atoms with E-state index in [1.165, 1.54) is 14.3 Å². The van der Waals surface area contributed by atoms with Crippen molar-refractivity contribution >= 4 is 28.7 Å². The minimum atomic E-state index is -0.628. The number of quaternary nitrogens is 1. The molecule has 1 unspecified atom stereocenters. The van der Waals surface area contributed by atoms with Crippen LogP contribution in [0, 0.1) is 0 Å². The van der Waals surface area contributed by atoms with Crippen molar-refractivity contribution in [2.45, 2.75) is 39.8 Å². The molecule has 0 fully saturated rings. The molecule has 9 heteroatoms. The van der Waals surface area contributed by atoms with Crippen molar-refractivity contribution in [1.82, 2.24) is 9.55 Å². The maximum Gasteiger partial charge on any atom is 0.330 e. The van der Waals surface area contributed by atoms with Gasteiger partial charge in [-0.15, -0.1) is 11.3 Å². The number of unbranched alkanes of at least 4 members (excludes halogenated alkanes) is 1. The average Bonchev–Trinajstić information content (AvgIpc) is 3.10. The van der Waals surface area contributed by atoms with E-state index in [2.05, 4.69) is 4.98 Å². The van der Waals surface area contributed by atoms with Gasteiger partial charge in [0.05, 0.1) is 11.9 Å². The second kappa shape index (κ2) is 9.52. The lowest BCUT2D eigenvalue weighted by atomic mass is 10.3. The standard InChI is InChI=1S/C18H27N5O3S/c1-4-6-9-23-16(19)15(17(25)20-18(23)26)22(5-2)14(24)12-21(3)11-13-8-7-10-27-13/h7-8,10H,4-6,9,11-12,19H2,1-3H3,(H,20,25,26)/p+1. The van der Waals surface area contributed by atoms with Crippen LogP contribution >= 0.6 is 11.3 Å². The minimum Gasteiger partial charge on any atom is -0.383 e. The van der Waals surface area contributed by atoms with E-state index in [9.17, 15) is 14.4 Å². The summed E-state index contributed by atoms with van der Waals surface area (Å²) in [5, 5.41) is 2.00. The zero-order valence-electron chi connectivity index (χ0n) is 16.1. The van der Waals surface area contributed by atoms with Crippen LogP contribution in [0.1, 0.15) is 31.6 Å². The van der Waals surface area contributed by atoms with Crippen LogP contribution in [0.25, 0.3) is 0 Å².